The van der Waals surface area contributed by atoms with Crippen LogP contribution in [0.25, 0.3) is 0 Å². The van der Waals surface area contributed by atoms with Crippen molar-refractivity contribution in [3.63, 3.8) is 0 Å². The fourth-order valence-electron chi connectivity index (χ4n) is 1.98. The van der Waals surface area contributed by atoms with E-state index in [1.54, 1.807) is 6.07 Å². The summed E-state index contributed by atoms with van der Waals surface area (Å²) in [7, 11) is 0. The molecule has 4 heteroatoms. The molecule has 0 saturated heterocycles. The zero-order valence-corrected chi connectivity index (χ0v) is 12.7. The van der Waals surface area contributed by atoms with Gasteiger partial charge in [-0.3, -0.25) is 4.79 Å². The number of benzene rings is 2. The summed E-state index contributed by atoms with van der Waals surface area (Å²) in [6.45, 7) is 1.79. The van der Waals surface area contributed by atoms with Gasteiger partial charge in [0.1, 0.15) is 0 Å². The van der Waals surface area contributed by atoms with E-state index in [9.17, 15) is 9.90 Å². The van der Waals surface area contributed by atoms with E-state index >= 15 is 0 Å². The minimum absolute atomic E-state index is 0.140. The average molecular weight is 334 g/mol. The van der Waals surface area contributed by atoms with Crippen molar-refractivity contribution in [1.29, 1.82) is 0 Å². The van der Waals surface area contributed by atoms with Gasteiger partial charge in [0.2, 0.25) is 0 Å². The molecular formula is C16H16BrNO2. The lowest BCUT2D eigenvalue weighted by Gasteiger charge is -2.17. The Hall–Kier alpha value is -1.65. The second-order valence-electron chi connectivity index (χ2n) is 4.56. The van der Waals surface area contributed by atoms with E-state index in [2.05, 4.69) is 21.2 Å². The zero-order chi connectivity index (χ0) is 14.5. The van der Waals surface area contributed by atoms with Crippen LogP contribution in [0.1, 0.15) is 27.5 Å². The molecule has 104 valence electrons. The van der Waals surface area contributed by atoms with Crippen LogP contribution in [0, 0.1) is 6.92 Å². The van der Waals surface area contributed by atoms with E-state index in [0.717, 1.165) is 15.6 Å². The molecule has 3 nitrogen and oxygen atoms in total. The highest BCUT2D eigenvalue weighted by Crippen LogP contribution is 2.22. The molecule has 0 radical (unpaired) electrons. The molecule has 0 fully saturated rings. The fraction of sp³-hybridized carbons (Fsp3) is 0.188. The minimum atomic E-state index is -0.406. The van der Waals surface area contributed by atoms with E-state index in [0.29, 0.717) is 5.56 Å². The molecule has 20 heavy (non-hydrogen) atoms. The summed E-state index contributed by atoms with van der Waals surface area (Å²) >= 11 is 3.43. The van der Waals surface area contributed by atoms with Gasteiger partial charge in [0, 0.05) is 4.47 Å². The molecule has 0 heterocycles. The molecule has 2 aromatic rings. The van der Waals surface area contributed by atoms with Gasteiger partial charge in [0.25, 0.3) is 5.91 Å². The van der Waals surface area contributed by atoms with Gasteiger partial charge >= 0.3 is 0 Å². The van der Waals surface area contributed by atoms with Crippen LogP contribution >= 0.6 is 15.9 Å². The van der Waals surface area contributed by atoms with Crippen molar-refractivity contribution in [2.24, 2.45) is 0 Å². The second kappa shape index (κ2) is 6.68. The number of amides is 1. The highest BCUT2D eigenvalue weighted by molar-refractivity contribution is 9.10. The van der Waals surface area contributed by atoms with Gasteiger partial charge in [-0.15, -0.1) is 0 Å². The molecule has 1 unspecified atom stereocenters. The van der Waals surface area contributed by atoms with Crippen LogP contribution in [-0.2, 0) is 0 Å². The van der Waals surface area contributed by atoms with Crippen molar-refractivity contribution < 1.29 is 9.90 Å². The highest BCUT2D eigenvalue weighted by atomic mass is 79.9. The average Bonchev–Trinajstić information content (AvgIpc) is 2.48. The number of rotatable bonds is 4. The monoisotopic (exact) mass is 333 g/mol. The standard InChI is InChI=1S/C16H16BrNO2/c1-11-6-5-9-13(15(11)17)16(20)18-14(10-19)12-7-3-2-4-8-12/h2-9,14,19H,10H2,1H3,(H,18,20). The summed E-state index contributed by atoms with van der Waals surface area (Å²) in [6, 6.07) is 14.5. The molecule has 2 rings (SSSR count). The number of carbonyl (C=O) groups excluding carboxylic acids is 1. The normalized spacial score (nSPS) is 11.9. The van der Waals surface area contributed by atoms with Gasteiger partial charge in [-0.1, -0.05) is 42.5 Å². The molecule has 1 amide bonds. The van der Waals surface area contributed by atoms with Crippen LogP contribution in [0.5, 0.6) is 0 Å². The summed E-state index contributed by atoms with van der Waals surface area (Å²) < 4.78 is 0.780. The summed E-state index contributed by atoms with van der Waals surface area (Å²) in [6.07, 6.45) is 0. The van der Waals surface area contributed by atoms with Crippen molar-refractivity contribution >= 4 is 21.8 Å². The van der Waals surface area contributed by atoms with Crippen molar-refractivity contribution in [3.05, 3.63) is 69.7 Å². The van der Waals surface area contributed by atoms with Gasteiger partial charge in [-0.05, 0) is 40.0 Å². The van der Waals surface area contributed by atoms with E-state index in [1.807, 2.05) is 49.4 Å². The maximum Gasteiger partial charge on any atom is 0.252 e. The lowest BCUT2D eigenvalue weighted by atomic mass is 10.1. The number of nitrogens with one attached hydrogen (secondary N) is 1. The van der Waals surface area contributed by atoms with Crippen molar-refractivity contribution in [2.75, 3.05) is 6.61 Å². The Morgan fingerprint density at radius 3 is 2.55 bits per heavy atom. The highest BCUT2D eigenvalue weighted by Gasteiger charge is 2.17. The largest absolute Gasteiger partial charge is 0.394 e. The summed E-state index contributed by atoms with van der Waals surface area (Å²) in [5.41, 5.74) is 2.45. The molecule has 0 spiro atoms. The third kappa shape index (κ3) is 3.26. The number of hydrogen-bond acceptors (Lipinski definition) is 2. The first-order valence-corrected chi connectivity index (χ1v) is 7.14. The molecule has 0 saturated carbocycles. The lowest BCUT2D eigenvalue weighted by molar-refractivity contribution is 0.0915. The van der Waals surface area contributed by atoms with Gasteiger partial charge in [-0.2, -0.15) is 0 Å². The summed E-state index contributed by atoms with van der Waals surface area (Å²) in [5, 5.41) is 12.3. The van der Waals surface area contributed by atoms with Crippen molar-refractivity contribution in [3.8, 4) is 0 Å². The maximum atomic E-state index is 12.3. The lowest BCUT2D eigenvalue weighted by Crippen LogP contribution is -2.31. The molecule has 0 aliphatic carbocycles. The van der Waals surface area contributed by atoms with Crippen LogP contribution in [0.3, 0.4) is 0 Å². The van der Waals surface area contributed by atoms with Gasteiger partial charge < -0.3 is 10.4 Å². The summed E-state index contributed by atoms with van der Waals surface area (Å²) in [4.78, 5) is 12.3. The van der Waals surface area contributed by atoms with Crippen molar-refractivity contribution in [2.45, 2.75) is 13.0 Å². The first-order chi connectivity index (χ1) is 9.63. The predicted octanol–water partition coefficient (Wildman–Crippen LogP) is 3.22. The third-order valence-electron chi connectivity index (χ3n) is 3.13. The van der Waals surface area contributed by atoms with Crippen LogP contribution < -0.4 is 5.32 Å². The Labute approximate surface area is 126 Å². The number of aliphatic hydroxyl groups excluding tert-OH is 1. The summed E-state index contributed by atoms with van der Waals surface area (Å²) in [5.74, 6) is -0.205. The molecule has 0 aliphatic heterocycles. The maximum absolute atomic E-state index is 12.3. The Balaban J connectivity index is 2.20. The number of carbonyl (C=O) groups is 1. The van der Waals surface area contributed by atoms with E-state index in [1.165, 1.54) is 0 Å². The Kier molecular flexibility index (Phi) is 4.93. The molecule has 1 atom stereocenters. The van der Waals surface area contributed by atoms with Gasteiger partial charge in [0.15, 0.2) is 0 Å². The Morgan fingerprint density at radius 2 is 1.90 bits per heavy atom. The third-order valence-corrected chi connectivity index (χ3v) is 4.18. The smallest absolute Gasteiger partial charge is 0.252 e. The van der Waals surface area contributed by atoms with E-state index in [-0.39, 0.29) is 12.5 Å². The van der Waals surface area contributed by atoms with E-state index < -0.39 is 6.04 Å². The number of halogens is 1. The van der Waals surface area contributed by atoms with Crippen LogP contribution in [0.2, 0.25) is 0 Å². The van der Waals surface area contributed by atoms with Gasteiger partial charge in [-0.25, -0.2) is 0 Å². The molecule has 0 aromatic heterocycles. The molecule has 0 aliphatic rings. The molecular weight excluding hydrogens is 318 g/mol. The van der Waals surface area contributed by atoms with E-state index in [4.69, 9.17) is 0 Å². The molecule has 0 bridgehead atoms. The number of aryl methyl sites for hydroxylation is 1. The van der Waals surface area contributed by atoms with Crippen LogP contribution in [-0.4, -0.2) is 17.6 Å². The van der Waals surface area contributed by atoms with Crippen LogP contribution in [0.4, 0.5) is 0 Å². The van der Waals surface area contributed by atoms with Crippen LogP contribution in [0.15, 0.2) is 53.0 Å². The minimum Gasteiger partial charge on any atom is -0.394 e. The predicted molar refractivity (Wildman–Crippen MR) is 82.6 cm³/mol. The first kappa shape index (κ1) is 14.8. The Bertz CT molecular complexity index is 599. The zero-order valence-electron chi connectivity index (χ0n) is 11.1. The second-order valence-corrected chi connectivity index (χ2v) is 5.35. The SMILES string of the molecule is Cc1cccc(C(=O)NC(CO)c2ccccc2)c1Br. The fourth-order valence-corrected chi connectivity index (χ4v) is 2.42. The molecule has 2 N–H and O–H groups in total. The van der Waals surface area contributed by atoms with Crippen molar-refractivity contribution in [1.82, 2.24) is 5.32 Å². The Morgan fingerprint density at radius 1 is 1.20 bits per heavy atom. The quantitative estimate of drug-likeness (QED) is 0.902. The van der Waals surface area contributed by atoms with Gasteiger partial charge in [0.05, 0.1) is 18.2 Å². The topological polar surface area (TPSA) is 49.3 Å². The first-order valence-electron chi connectivity index (χ1n) is 6.35. The number of hydrogen-bond donors (Lipinski definition) is 2. The molecule has 2 aromatic carbocycles. The number of aliphatic hydroxyl groups is 1.